The van der Waals surface area contributed by atoms with Gasteiger partial charge >= 0.3 is 6.01 Å². The number of aryl methyl sites for hydroxylation is 1. The summed E-state index contributed by atoms with van der Waals surface area (Å²) in [5.41, 5.74) is 1.53. The fourth-order valence-corrected chi connectivity index (χ4v) is 3.45. The lowest BCUT2D eigenvalue weighted by Crippen LogP contribution is -2.24. The average Bonchev–Trinajstić information content (AvgIpc) is 3.13. The van der Waals surface area contributed by atoms with Crippen molar-refractivity contribution < 1.29 is 18.6 Å². The second kappa shape index (κ2) is 8.83. The van der Waals surface area contributed by atoms with Crippen molar-refractivity contribution in [3.8, 4) is 11.8 Å². The molecular formula is C21H18ClF2N5O2. The number of halogens is 3. The van der Waals surface area contributed by atoms with Crippen LogP contribution in [0.4, 0.5) is 20.4 Å². The van der Waals surface area contributed by atoms with Gasteiger partial charge in [0.1, 0.15) is 5.52 Å². The molecule has 31 heavy (non-hydrogen) atoms. The number of rotatable bonds is 7. The number of hydrogen-bond donors (Lipinski definition) is 1. The van der Waals surface area contributed by atoms with Crippen molar-refractivity contribution in [1.82, 2.24) is 19.5 Å². The zero-order valence-corrected chi connectivity index (χ0v) is 17.2. The molecule has 0 saturated heterocycles. The maximum Gasteiger partial charge on any atom is 0.324 e. The zero-order valence-electron chi connectivity index (χ0n) is 16.5. The number of hydrogen-bond acceptors (Lipinski definition) is 6. The van der Waals surface area contributed by atoms with E-state index < -0.39 is 17.4 Å². The Hall–Kier alpha value is -3.30. The van der Waals surface area contributed by atoms with Gasteiger partial charge in [0.2, 0.25) is 11.7 Å². The number of anilines is 2. The Kier molecular flexibility index (Phi) is 5.97. The summed E-state index contributed by atoms with van der Waals surface area (Å²) in [7, 11) is 0. The van der Waals surface area contributed by atoms with Crippen LogP contribution < -0.4 is 9.64 Å². The number of benzene rings is 2. The van der Waals surface area contributed by atoms with Crippen molar-refractivity contribution in [1.29, 1.82) is 0 Å². The number of aromatic nitrogens is 4. The highest BCUT2D eigenvalue weighted by Gasteiger charge is 2.22. The fourth-order valence-electron chi connectivity index (χ4n) is 3.21. The molecule has 160 valence electrons. The minimum atomic E-state index is -0.860. The van der Waals surface area contributed by atoms with Crippen LogP contribution in [0.2, 0.25) is 5.02 Å². The number of aliphatic hydroxyl groups excluding tert-OH is 1. The van der Waals surface area contributed by atoms with Gasteiger partial charge in [-0.25, -0.2) is 18.7 Å². The van der Waals surface area contributed by atoms with Gasteiger partial charge in [-0.05, 0) is 31.2 Å². The van der Waals surface area contributed by atoms with Crippen molar-refractivity contribution in [3.63, 3.8) is 0 Å². The van der Waals surface area contributed by atoms with Gasteiger partial charge in [0.15, 0.2) is 17.3 Å². The highest BCUT2D eigenvalue weighted by molar-refractivity contribution is 6.33. The van der Waals surface area contributed by atoms with E-state index in [2.05, 4.69) is 15.0 Å². The lowest BCUT2D eigenvalue weighted by atomic mass is 10.3. The van der Waals surface area contributed by atoms with Gasteiger partial charge in [-0.1, -0.05) is 29.8 Å². The normalized spacial score (nSPS) is 11.1. The third-order valence-electron chi connectivity index (χ3n) is 4.58. The number of fused-ring (bicyclic) bond motifs is 1. The lowest BCUT2D eigenvalue weighted by molar-refractivity contribution is 0.305. The van der Waals surface area contributed by atoms with E-state index in [4.69, 9.17) is 16.3 Å². The first-order chi connectivity index (χ1) is 15.0. The van der Waals surface area contributed by atoms with Gasteiger partial charge < -0.3 is 14.7 Å². The molecule has 0 aliphatic heterocycles. The van der Waals surface area contributed by atoms with Crippen molar-refractivity contribution in [2.75, 3.05) is 18.1 Å². The van der Waals surface area contributed by atoms with Crippen molar-refractivity contribution in [2.24, 2.45) is 0 Å². The predicted molar refractivity (Wildman–Crippen MR) is 113 cm³/mol. The summed E-state index contributed by atoms with van der Waals surface area (Å²) in [6.07, 6.45) is 1.41. The van der Waals surface area contributed by atoms with E-state index in [0.717, 1.165) is 12.1 Å². The molecular weight excluding hydrogens is 428 g/mol. The molecule has 2 aromatic heterocycles. The molecule has 2 aromatic carbocycles. The van der Waals surface area contributed by atoms with Crippen molar-refractivity contribution >= 4 is 34.4 Å². The van der Waals surface area contributed by atoms with Crippen molar-refractivity contribution in [3.05, 3.63) is 65.3 Å². The van der Waals surface area contributed by atoms with Crippen LogP contribution in [0.3, 0.4) is 0 Å². The molecule has 1 N–H and O–H groups in total. The van der Waals surface area contributed by atoms with E-state index in [9.17, 15) is 13.9 Å². The molecule has 0 radical (unpaired) electrons. The molecule has 0 unspecified atom stereocenters. The first-order valence-corrected chi connectivity index (χ1v) is 9.89. The summed E-state index contributed by atoms with van der Waals surface area (Å²) in [4.78, 5) is 14.7. The van der Waals surface area contributed by atoms with Gasteiger partial charge in [0.05, 0.1) is 23.5 Å². The second-order valence-electron chi connectivity index (χ2n) is 6.50. The number of aliphatic hydroxyl groups is 1. The molecule has 7 nitrogen and oxygen atoms in total. The molecule has 0 fully saturated rings. The highest BCUT2D eigenvalue weighted by atomic mass is 35.5. The summed E-state index contributed by atoms with van der Waals surface area (Å²) in [5.74, 6) is -1.81. The van der Waals surface area contributed by atoms with Crippen LogP contribution in [0, 0.1) is 11.6 Å². The van der Waals surface area contributed by atoms with E-state index >= 15 is 0 Å². The number of nitrogens with zero attached hydrogens (tertiary/aromatic N) is 5. The van der Waals surface area contributed by atoms with Crippen molar-refractivity contribution in [2.45, 2.75) is 13.5 Å². The molecule has 0 aliphatic carbocycles. The number of ether oxygens (including phenoxy) is 1. The molecule has 0 saturated carbocycles. The Morgan fingerprint density at radius 3 is 2.52 bits per heavy atom. The highest BCUT2D eigenvalue weighted by Crippen LogP contribution is 2.33. The smallest absolute Gasteiger partial charge is 0.324 e. The van der Waals surface area contributed by atoms with Gasteiger partial charge in [0, 0.05) is 13.1 Å². The number of para-hydroxylation sites is 2. The standard InChI is InChI=1S/C21H18ClF2N5O2/c1-2-28-19-16(12-25-20(27-19)31-18-14(23)7-5-8-15(18)24)26-21(28)29(10-11-30)17-9-4-3-6-13(17)22/h3-9,12,30H,2,10-11H2,1H3. The minimum absolute atomic E-state index is 0.134. The van der Waals surface area contributed by atoms with E-state index in [1.165, 1.54) is 12.3 Å². The van der Waals surface area contributed by atoms with Gasteiger partial charge in [-0.3, -0.25) is 4.57 Å². The van der Waals surface area contributed by atoms with Crippen LogP contribution in [0.15, 0.2) is 48.7 Å². The minimum Gasteiger partial charge on any atom is -0.418 e. The number of imidazole rings is 1. The van der Waals surface area contributed by atoms with Gasteiger partial charge in [-0.2, -0.15) is 4.98 Å². The molecule has 0 atom stereocenters. The Balaban J connectivity index is 1.80. The molecule has 0 aliphatic rings. The van der Waals surface area contributed by atoms with Crippen LogP contribution in [-0.2, 0) is 6.54 Å². The summed E-state index contributed by atoms with van der Waals surface area (Å²) in [6, 6.07) is 10.4. The van der Waals surface area contributed by atoms with Crippen LogP contribution in [0.1, 0.15) is 6.92 Å². The Labute approximate surface area is 181 Å². The maximum absolute atomic E-state index is 13.9. The molecule has 4 aromatic rings. The first-order valence-electron chi connectivity index (χ1n) is 9.51. The van der Waals surface area contributed by atoms with Crippen LogP contribution in [0.25, 0.3) is 11.2 Å². The topological polar surface area (TPSA) is 76.3 Å². The molecule has 2 heterocycles. The first kappa shape index (κ1) is 21.0. The van der Waals surface area contributed by atoms with Crippen LogP contribution in [0.5, 0.6) is 11.8 Å². The molecule has 0 bridgehead atoms. The molecule has 10 heteroatoms. The second-order valence-corrected chi connectivity index (χ2v) is 6.90. The quantitative estimate of drug-likeness (QED) is 0.444. The summed E-state index contributed by atoms with van der Waals surface area (Å²) in [5, 5.41) is 10.1. The maximum atomic E-state index is 13.9. The molecule has 4 rings (SSSR count). The summed E-state index contributed by atoms with van der Waals surface area (Å²) in [6.45, 7) is 2.48. The van der Waals surface area contributed by atoms with E-state index in [1.54, 1.807) is 15.5 Å². The van der Waals surface area contributed by atoms with Gasteiger partial charge in [-0.15, -0.1) is 0 Å². The Morgan fingerprint density at radius 2 is 1.84 bits per heavy atom. The molecule has 0 spiro atoms. The third kappa shape index (κ3) is 4.01. The fraction of sp³-hybridized carbons (Fsp3) is 0.190. The monoisotopic (exact) mass is 445 g/mol. The van der Waals surface area contributed by atoms with E-state index in [1.807, 2.05) is 25.1 Å². The summed E-state index contributed by atoms with van der Waals surface area (Å²) >= 11 is 6.36. The SMILES string of the molecule is CCn1c(N(CCO)c2ccccc2Cl)nc2cnc(Oc3c(F)cccc3F)nc21. The Morgan fingerprint density at radius 1 is 1.10 bits per heavy atom. The third-order valence-corrected chi connectivity index (χ3v) is 4.90. The largest absolute Gasteiger partial charge is 0.418 e. The van der Waals surface area contributed by atoms with Gasteiger partial charge in [0.25, 0.3) is 0 Å². The van der Waals surface area contributed by atoms with E-state index in [0.29, 0.717) is 34.4 Å². The molecule has 0 amide bonds. The van der Waals surface area contributed by atoms with Crippen LogP contribution >= 0.6 is 11.6 Å². The summed E-state index contributed by atoms with van der Waals surface area (Å²) < 4.78 is 34.9. The average molecular weight is 446 g/mol. The predicted octanol–water partition coefficient (Wildman–Crippen LogP) is 4.70. The van der Waals surface area contributed by atoms with Crippen LogP contribution in [-0.4, -0.2) is 37.8 Å². The van der Waals surface area contributed by atoms with E-state index in [-0.39, 0.29) is 19.2 Å². The Bertz CT molecular complexity index is 1210. The zero-order chi connectivity index (χ0) is 22.0. The lowest BCUT2D eigenvalue weighted by Gasteiger charge is -2.24.